The molecule has 0 aromatic heterocycles. The molecular formula is C34H42N6O8S. The molecule has 4 saturated carbocycles. The van der Waals surface area contributed by atoms with Gasteiger partial charge in [0.25, 0.3) is 10.1 Å². The van der Waals surface area contributed by atoms with Crippen LogP contribution in [-0.4, -0.2) is 95.4 Å². The van der Waals surface area contributed by atoms with Gasteiger partial charge < -0.3 is 25.5 Å². The molecule has 49 heavy (non-hydrogen) atoms. The number of aliphatic hydroxyl groups is 1. The molecule has 0 radical (unpaired) electrons. The molecule has 0 unspecified atom stereocenters. The normalized spacial score (nSPS) is 28.8. The third kappa shape index (κ3) is 7.30. The Kier molecular flexibility index (Phi) is 8.79. The van der Waals surface area contributed by atoms with Gasteiger partial charge in [0.2, 0.25) is 23.6 Å². The van der Waals surface area contributed by atoms with Crippen molar-refractivity contribution in [2.75, 3.05) is 13.1 Å². The SMILES string of the molecule is CC1(C(=O)N2C[C@@H](O)C[C@H]2C(=O)NC2(C#N)CC2)CC1.CC1(C(=O)N2C[C@@H](OS(=O)(=O)c3ccccc3)C[C@H]2C(=O)NC2(C#N)CC2)CC1. The summed E-state index contributed by atoms with van der Waals surface area (Å²) in [6, 6.07) is 10.5. The number of aliphatic hydroxyl groups excluding tert-OH is 1. The summed E-state index contributed by atoms with van der Waals surface area (Å²) in [7, 11) is -4.01. The van der Waals surface area contributed by atoms with E-state index in [4.69, 9.17) is 9.44 Å². The molecule has 14 nitrogen and oxygen atoms in total. The lowest BCUT2D eigenvalue weighted by Crippen LogP contribution is -2.50. The van der Waals surface area contributed by atoms with E-state index in [0.717, 1.165) is 25.7 Å². The lowest BCUT2D eigenvalue weighted by Gasteiger charge is -2.27. The Balaban J connectivity index is 0.000000182. The number of hydrogen-bond acceptors (Lipinski definition) is 10. The van der Waals surface area contributed by atoms with Gasteiger partial charge in [0.05, 0.1) is 29.2 Å². The zero-order valence-corrected chi connectivity index (χ0v) is 28.5. The Labute approximate surface area is 285 Å². The Morgan fingerprint density at radius 3 is 1.65 bits per heavy atom. The maximum atomic E-state index is 13.0. The van der Waals surface area contributed by atoms with Gasteiger partial charge >= 0.3 is 0 Å². The van der Waals surface area contributed by atoms with E-state index in [2.05, 4.69) is 22.8 Å². The Hall–Kier alpha value is -4.05. The number of likely N-dealkylation sites (tertiary alicyclic amines) is 2. The minimum atomic E-state index is -4.01. The molecule has 0 spiro atoms. The van der Waals surface area contributed by atoms with E-state index in [-0.39, 0.29) is 54.0 Å². The first-order valence-electron chi connectivity index (χ1n) is 16.8. The lowest BCUT2D eigenvalue weighted by atomic mass is 10.1. The highest BCUT2D eigenvalue weighted by Crippen LogP contribution is 2.49. The van der Waals surface area contributed by atoms with Gasteiger partial charge in [-0.15, -0.1) is 0 Å². The monoisotopic (exact) mass is 694 g/mol. The van der Waals surface area contributed by atoms with E-state index in [0.29, 0.717) is 25.7 Å². The van der Waals surface area contributed by atoms with Gasteiger partial charge in [-0.3, -0.25) is 23.4 Å². The number of β-amino-alcohol motifs (C(OH)–C–C–N with tert-alkyl or cyclic N) is 1. The van der Waals surface area contributed by atoms with E-state index in [1.807, 2.05) is 13.8 Å². The standard InChI is InChI=1S/C20H23N3O5S.C14H19N3O3/c1-19(7-8-19)18(25)23-12-14(28-29(26,27)15-5-3-2-4-6-15)11-16(23)17(24)22-20(13-21)9-10-20;1-13(2-3-13)12(20)17-7-9(18)6-10(17)11(19)16-14(8-15)4-5-14/h2-6,14,16H,7-12H2,1H3,(H,22,24);9-10,18H,2-7H2,1H3,(H,16,19)/t14-,16-;9-,10-/m00/s1. The van der Waals surface area contributed by atoms with E-state index < -0.39 is 56.8 Å². The number of hydrogen-bond donors (Lipinski definition) is 3. The fraction of sp³-hybridized carbons (Fsp3) is 0.647. The topological polar surface area (TPSA) is 210 Å². The smallest absolute Gasteiger partial charge is 0.297 e. The molecule has 1 aromatic rings. The van der Waals surface area contributed by atoms with Gasteiger partial charge in [0, 0.05) is 36.8 Å². The number of rotatable bonds is 9. The summed E-state index contributed by atoms with van der Waals surface area (Å²) in [5.41, 5.74) is -2.44. The number of nitrogens with one attached hydrogen (secondary N) is 2. The molecule has 4 amide bonds. The van der Waals surface area contributed by atoms with Crippen LogP contribution in [0.2, 0.25) is 0 Å². The van der Waals surface area contributed by atoms with Crippen LogP contribution in [0.4, 0.5) is 0 Å². The van der Waals surface area contributed by atoms with Crippen molar-refractivity contribution < 1.29 is 36.9 Å². The van der Waals surface area contributed by atoms with Crippen LogP contribution in [0.5, 0.6) is 0 Å². The van der Waals surface area contributed by atoms with Crippen LogP contribution < -0.4 is 10.6 Å². The molecule has 2 aliphatic heterocycles. The molecule has 4 aliphatic carbocycles. The first-order chi connectivity index (χ1) is 23.1. The van der Waals surface area contributed by atoms with Crippen LogP contribution in [-0.2, 0) is 33.5 Å². The molecule has 6 aliphatic rings. The quantitative estimate of drug-likeness (QED) is 0.315. The Morgan fingerprint density at radius 2 is 1.22 bits per heavy atom. The van der Waals surface area contributed by atoms with Gasteiger partial charge in [-0.25, -0.2) is 0 Å². The fourth-order valence-electron chi connectivity index (χ4n) is 6.36. The fourth-order valence-corrected chi connectivity index (χ4v) is 7.46. The summed E-state index contributed by atoms with van der Waals surface area (Å²) in [5, 5.41) is 33.5. The van der Waals surface area contributed by atoms with Crippen molar-refractivity contribution in [1.82, 2.24) is 20.4 Å². The first-order valence-corrected chi connectivity index (χ1v) is 18.2. The molecule has 262 valence electrons. The van der Waals surface area contributed by atoms with Crippen molar-refractivity contribution in [2.45, 2.75) is 118 Å². The molecule has 4 atom stereocenters. The summed E-state index contributed by atoms with van der Waals surface area (Å²) in [5.74, 6) is -0.943. The predicted octanol–water partition coefficient (Wildman–Crippen LogP) is 1.25. The number of carbonyl (C=O) groups is 4. The van der Waals surface area contributed by atoms with E-state index in [1.54, 1.807) is 18.2 Å². The average Bonchev–Trinajstić information content (AvgIpc) is 3.99. The molecule has 7 rings (SSSR count). The molecule has 15 heteroatoms. The van der Waals surface area contributed by atoms with Crippen molar-refractivity contribution in [3.05, 3.63) is 30.3 Å². The minimum absolute atomic E-state index is 0.0259. The van der Waals surface area contributed by atoms with Crippen LogP contribution in [0.3, 0.4) is 0 Å². The summed E-state index contributed by atoms with van der Waals surface area (Å²) >= 11 is 0. The van der Waals surface area contributed by atoms with Crippen molar-refractivity contribution in [2.24, 2.45) is 10.8 Å². The van der Waals surface area contributed by atoms with Gasteiger partial charge in [0.15, 0.2) is 0 Å². The Bertz CT molecular complexity index is 1720. The van der Waals surface area contributed by atoms with Gasteiger partial charge in [0.1, 0.15) is 23.2 Å². The number of benzene rings is 1. The molecule has 1 aromatic carbocycles. The van der Waals surface area contributed by atoms with Crippen LogP contribution in [0.15, 0.2) is 35.2 Å². The predicted molar refractivity (Wildman–Crippen MR) is 171 cm³/mol. The Morgan fingerprint density at radius 1 is 0.776 bits per heavy atom. The van der Waals surface area contributed by atoms with Crippen LogP contribution in [0.1, 0.15) is 78.1 Å². The maximum Gasteiger partial charge on any atom is 0.297 e. The number of amides is 4. The lowest BCUT2D eigenvalue weighted by molar-refractivity contribution is -0.142. The van der Waals surface area contributed by atoms with Crippen molar-refractivity contribution in [3.63, 3.8) is 0 Å². The zero-order chi connectivity index (χ0) is 35.4. The van der Waals surface area contributed by atoms with E-state index in [9.17, 15) is 38.0 Å². The van der Waals surface area contributed by atoms with Gasteiger partial charge in [-0.05, 0) is 63.5 Å². The highest BCUT2D eigenvalue weighted by molar-refractivity contribution is 7.86. The highest BCUT2D eigenvalue weighted by atomic mass is 32.2. The van der Waals surface area contributed by atoms with E-state index in [1.165, 1.54) is 21.9 Å². The second-order valence-electron chi connectivity index (χ2n) is 15.0. The van der Waals surface area contributed by atoms with Crippen LogP contribution >= 0.6 is 0 Å². The maximum absolute atomic E-state index is 13.0. The average molecular weight is 695 g/mol. The van der Waals surface area contributed by atoms with Crippen molar-refractivity contribution >= 4 is 33.7 Å². The minimum Gasteiger partial charge on any atom is -0.391 e. The summed E-state index contributed by atoms with van der Waals surface area (Å²) < 4.78 is 30.5. The van der Waals surface area contributed by atoms with Crippen LogP contribution in [0.25, 0.3) is 0 Å². The van der Waals surface area contributed by atoms with Crippen LogP contribution in [0, 0.1) is 33.5 Å². The molecule has 2 heterocycles. The van der Waals surface area contributed by atoms with Crippen molar-refractivity contribution in [3.8, 4) is 12.1 Å². The first kappa shape index (κ1) is 34.8. The molecular weight excluding hydrogens is 652 g/mol. The largest absolute Gasteiger partial charge is 0.391 e. The molecule has 6 fully saturated rings. The number of nitriles is 2. The third-order valence-corrected chi connectivity index (χ3v) is 12.0. The molecule has 0 bridgehead atoms. The van der Waals surface area contributed by atoms with Crippen molar-refractivity contribution in [1.29, 1.82) is 10.5 Å². The summed E-state index contributed by atoms with van der Waals surface area (Å²) in [6.07, 6.45) is 4.51. The summed E-state index contributed by atoms with van der Waals surface area (Å²) in [6.45, 7) is 3.98. The number of carbonyl (C=O) groups excluding carboxylic acids is 4. The summed E-state index contributed by atoms with van der Waals surface area (Å²) in [4.78, 5) is 53.5. The zero-order valence-electron chi connectivity index (χ0n) is 27.7. The van der Waals surface area contributed by atoms with Gasteiger partial charge in [-0.2, -0.15) is 18.9 Å². The van der Waals surface area contributed by atoms with E-state index >= 15 is 0 Å². The highest BCUT2D eigenvalue weighted by Gasteiger charge is 2.55. The molecule has 3 N–H and O–H groups in total. The van der Waals surface area contributed by atoms with Gasteiger partial charge in [-0.1, -0.05) is 32.0 Å². The molecule has 2 saturated heterocycles. The second-order valence-corrected chi connectivity index (χ2v) is 16.6. The second kappa shape index (κ2) is 12.4. The third-order valence-electron chi connectivity index (χ3n) is 10.6. The number of nitrogens with zero attached hydrogens (tertiary/aromatic N) is 4.